The van der Waals surface area contributed by atoms with E-state index in [9.17, 15) is 4.79 Å². The number of nitrogens with zero attached hydrogens (tertiary/aromatic N) is 4. The van der Waals surface area contributed by atoms with Crippen molar-refractivity contribution in [1.29, 1.82) is 5.26 Å². The molecule has 2 aliphatic carbocycles. The molecule has 152 valence electrons. The minimum Gasteiger partial charge on any atom is -0.411 e. The fraction of sp³-hybridized carbons (Fsp3) is 0.545. The maximum atomic E-state index is 12.2. The van der Waals surface area contributed by atoms with Crippen molar-refractivity contribution in [1.82, 2.24) is 15.1 Å². The molecule has 3 aliphatic rings. The Hall–Kier alpha value is -2.88. The van der Waals surface area contributed by atoms with Gasteiger partial charge in [0.15, 0.2) is 0 Å². The number of carbonyl (C=O) groups excluding carboxylic acids is 1. The Balaban J connectivity index is 0.000000159. The van der Waals surface area contributed by atoms with Crippen LogP contribution in [0.5, 0.6) is 0 Å². The highest BCUT2D eigenvalue weighted by molar-refractivity contribution is 5.83. The number of rotatable bonds is 4. The summed E-state index contributed by atoms with van der Waals surface area (Å²) in [7, 11) is 0. The normalized spacial score (nSPS) is 20.2. The van der Waals surface area contributed by atoms with Gasteiger partial charge in [0.05, 0.1) is 11.6 Å². The van der Waals surface area contributed by atoms with Crippen molar-refractivity contribution in [3.63, 3.8) is 0 Å². The summed E-state index contributed by atoms with van der Waals surface area (Å²) in [6.07, 6.45) is 8.92. The summed E-state index contributed by atoms with van der Waals surface area (Å²) in [5, 5.41) is 18.7. The highest BCUT2D eigenvalue weighted by Crippen LogP contribution is 2.53. The van der Waals surface area contributed by atoms with Crippen LogP contribution in [0.2, 0.25) is 0 Å². The molecule has 29 heavy (non-hydrogen) atoms. The van der Waals surface area contributed by atoms with Crippen LogP contribution in [-0.4, -0.2) is 40.1 Å². The van der Waals surface area contributed by atoms with Gasteiger partial charge in [-0.2, -0.15) is 5.26 Å². The van der Waals surface area contributed by atoms with Crippen LogP contribution in [0.15, 0.2) is 35.1 Å². The SMILES string of the molecule is CC(Nc1nnco1)C(=O)N1CCC2(CC1)CC2.N#Cc1ccc(C2CC2)cc1. The van der Waals surface area contributed by atoms with E-state index in [0.29, 0.717) is 11.4 Å². The van der Waals surface area contributed by atoms with Crippen molar-refractivity contribution in [3.8, 4) is 6.07 Å². The molecular formula is C22H27N5O2. The molecule has 1 saturated heterocycles. The van der Waals surface area contributed by atoms with Crippen LogP contribution in [0.25, 0.3) is 0 Å². The Morgan fingerprint density at radius 2 is 1.93 bits per heavy atom. The molecule has 1 amide bonds. The van der Waals surface area contributed by atoms with Crippen LogP contribution in [-0.2, 0) is 4.79 Å². The molecular weight excluding hydrogens is 366 g/mol. The zero-order valence-electron chi connectivity index (χ0n) is 16.8. The smallest absolute Gasteiger partial charge is 0.315 e. The first-order valence-corrected chi connectivity index (χ1v) is 10.4. The molecule has 1 aromatic carbocycles. The lowest BCUT2D eigenvalue weighted by Crippen LogP contribution is -2.45. The second-order valence-electron chi connectivity index (χ2n) is 8.44. The molecule has 5 rings (SSSR count). The maximum Gasteiger partial charge on any atom is 0.315 e. The highest BCUT2D eigenvalue weighted by Gasteiger charge is 2.45. The summed E-state index contributed by atoms with van der Waals surface area (Å²) in [4.78, 5) is 14.2. The standard InChI is InChI=1S/C12H18N4O2.C10H9N/c1-9(14-11-15-13-8-18-11)10(17)16-6-4-12(2-3-12)5-7-16;11-7-8-1-3-9(4-2-8)10-5-6-10/h8-9H,2-7H2,1H3,(H,14,15);1-4,10H,5-6H2. The van der Waals surface area contributed by atoms with Gasteiger partial charge in [-0.15, -0.1) is 5.10 Å². The van der Waals surface area contributed by atoms with Gasteiger partial charge in [-0.25, -0.2) is 0 Å². The van der Waals surface area contributed by atoms with Gasteiger partial charge in [-0.1, -0.05) is 17.2 Å². The lowest BCUT2D eigenvalue weighted by Gasteiger charge is -2.33. The molecule has 1 unspecified atom stereocenters. The highest BCUT2D eigenvalue weighted by atomic mass is 16.4. The van der Waals surface area contributed by atoms with Crippen molar-refractivity contribution in [3.05, 3.63) is 41.8 Å². The summed E-state index contributed by atoms with van der Waals surface area (Å²) < 4.78 is 4.98. The molecule has 1 N–H and O–H groups in total. The summed E-state index contributed by atoms with van der Waals surface area (Å²) in [5.41, 5.74) is 2.75. The third-order valence-electron chi connectivity index (χ3n) is 6.25. The van der Waals surface area contributed by atoms with E-state index in [-0.39, 0.29) is 11.9 Å². The number of anilines is 1. The Labute approximate surface area is 171 Å². The van der Waals surface area contributed by atoms with Crippen molar-refractivity contribution in [2.75, 3.05) is 18.4 Å². The van der Waals surface area contributed by atoms with Crippen LogP contribution in [0.1, 0.15) is 62.5 Å². The maximum absolute atomic E-state index is 12.2. The number of piperidine rings is 1. The summed E-state index contributed by atoms with van der Waals surface area (Å²) in [6, 6.07) is 10.0. The van der Waals surface area contributed by atoms with Crippen LogP contribution in [0.4, 0.5) is 6.01 Å². The van der Waals surface area contributed by atoms with Gasteiger partial charge in [-0.3, -0.25) is 4.79 Å². The van der Waals surface area contributed by atoms with Crippen LogP contribution in [0.3, 0.4) is 0 Å². The molecule has 2 saturated carbocycles. The molecule has 2 aromatic rings. The second-order valence-corrected chi connectivity index (χ2v) is 8.44. The predicted octanol–water partition coefficient (Wildman–Crippen LogP) is 3.71. The van der Waals surface area contributed by atoms with Crippen LogP contribution >= 0.6 is 0 Å². The van der Waals surface area contributed by atoms with Crippen molar-refractivity contribution >= 4 is 11.9 Å². The number of likely N-dealkylation sites (tertiary alicyclic amines) is 1. The number of amides is 1. The number of carbonyl (C=O) groups is 1. The van der Waals surface area contributed by atoms with Crippen LogP contribution < -0.4 is 5.32 Å². The van der Waals surface area contributed by atoms with E-state index in [2.05, 4.69) is 33.7 Å². The van der Waals surface area contributed by atoms with E-state index in [1.165, 1.54) is 37.6 Å². The van der Waals surface area contributed by atoms with Gasteiger partial charge in [0, 0.05) is 13.1 Å². The first kappa shape index (κ1) is 19.4. The minimum atomic E-state index is -0.321. The van der Waals surface area contributed by atoms with Crippen LogP contribution in [0, 0.1) is 16.7 Å². The molecule has 0 bridgehead atoms. The van der Waals surface area contributed by atoms with Gasteiger partial charge in [-0.05, 0) is 74.5 Å². The minimum absolute atomic E-state index is 0.115. The number of hydrogen-bond donors (Lipinski definition) is 1. The Bertz CT molecular complexity index is 854. The van der Waals surface area contributed by atoms with Gasteiger partial charge in [0.1, 0.15) is 6.04 Å². The number of nitriles is 1. The summed E-state index contributed by atoms with van der Waals surface area (Å²) in [5.74, 6) is 0.909. The average Bonchev–Trinajstić information content (AvgIpc) is 3.69. The van der Waals surface area contributed by atoms with E-state index >= 15 is 0 Å². The number of aromatic nitrogens is 2. The van der Waals surface area contributed by atoms with Gasteiger partial charge in [0.25, 0.3) is 0 Å². The Morgan fingerprint density at radius 1 is 1.24 bits per heavy atom. The molecule has 7 nitrogen and oxygen atoms in total. The molecule has 1 atom stereocenters. The van der Waals surface area contributed by atoms with Gasteiger partial charge < -0.3 is 14.6 Å². The molecule has 7 heteroatoms. The topological polar surface area (TPSA) is 95.1 Å². The fourth-order valence-electron chi connectivity index (χ4n) is 3.88. The fourth-order valence-corrected chi connectivity index (χ4v) is 3.88. The third-order valence-corrected chi connectivity index (χ3v) is 6.25. The van der Waals surface area contributed by atoms with E-state index in [0.717, 1.165) is 37.4 Å². The Kier molecular flexibility index (Phi) is 5.52. The van der Waals surface area contributed by atoms with Gasteiger partial charge >= 0.3 is 6.01 Å². The number of hydrogen-bond acceptors (Lipinski definition) is 6. The lowest BCUT2D eigenvalue weighted by molar-refractivity contribution is -0.133. The average molecular weight is 393 g/mol. The van der Waals surface area contributed by atoms with E-state index in [4.69, 9.17) is 9.68 Å². The van der Waals surface area contributed by atoms with Gasteiger partial charge in [0.2, 0.25) is 12.3 Å². The van der Waals surface area contributed by atoms with Crippen molar-refractivity contribution in [2.24, 2.45) is 5.41 Å². The quantitative estimate of drug-likeness (QED) is 0.851. The van der Waals surface area contributed by atoms with E-state index < -0.39 is 0 Å². The third kappa shape index (κ3) is 4.94. The summed E-state index contributed by atoms with van der Waals surface area (Å²) in [6.45, 7) is 3.59. The largest absolute Gasteiger partial charge is 0.411 e. The molecule has 0 radical (unpaired) electrons. The first-order chi connectivity index (χ1) is 14.1. The summed E-state index contributed by atoms with van der Waals surface area (Å²) >= 11 is 0. The molecule has 1 aliphatic heterocycles. The molecule has 1 aromatic heterocycles. The monoisotopic (exact) mass is 393 g/mol. The lowest BCUT2D eigenvalue weighted by atomic mass is 9.93. The van der Waals surface area contributed by atoms with Crippen molar-refractivity contribution < 1.29 is 9.21 Å². The molecule has 1 spiro atoms. The second kappa shape index (κ2) is 8.24. The molecule has 2 heterocycles. The van der Waals surface area contributed by atoms with E-state index in [1.54, 1.807) is 0 Å². The van der Waals surface area contributed by atoms with E-state index in [1.807, 2.05) is 24.0 Å². The molecule has 3 fully saturated rings. The zero-order valence-corrected chi connectivity index (χ0v) is 16.8. The van der Waals surface area contributed by atoms with Crippen molar-refractivity contribution in [2.45, 2.75) is 57.4 Å². The first-order valence-electron chi connectivity index (χ1n) is 10.4. The zero-order chi connectivity index (χ0) is 20.3. The predicted molar refractivity (Wildman–Crippen MR) is 108 cm³/mol. The number of nitrogens with one attached hydrogen (secondary N) is 1. The number of benzene rings is 1. The Morgan fingerprint density at radius 3 is 2.45 bits per heavy atom.